The van der Waals surface area contributed by atoms with Crippen molar-refractivity contribution in [3.63, 3.8) is 0 Å². The molecule has 31 heavy (non-hydrogen) atoms. The summed E-state index contributed by atoms with van der Waals surface area (Å²) < 4.78 is 0. The first-order valence-electron chi connectivity index (χ1n) is 10.1. The summed E-state index contributed by atoms with van der Waals surface area (Å²) in [6.07, 6.45) is 2.38. The van der Waals surface area contributed by atoms with Gasteiger partial charge in [0.15, 0.2) is 0 Å². The fourth-order valence-corrected chi connectivity index (χ4v) is 4.12. The standard InChI is InChI=1S/C25H24ClNO3.Na.H/c26-22-10-7-18(8-11-22)24(28)15-27-23-12-9-17-3-6-20(13-21(17)14-23)16-1-4-19(5-2-16)25(29)30;;/h1-8,10-11,13,23-24,27-28H,9,12,14-15H2,(H,29,30);;/t23-,24+;;/m0../s1. The monoisotopic (exact) mass is 445 g/mol. The Hall–Kier alpha value is -1.66. The van der Waals surface area contributed by atoms with Crippen molar-refractivity contribution >= 4 is 47.1 Å². The molecule has 6 heteroatoms. The van der Waals surface area contributed by atoms with Crippen LogP contribution in [-0.2, 0) is 12.8 Å². The van der Waals surface area contributed by atoms with Crippen LogP contribution in [0.15, 0.2) is 66.7 Å². The van der Waals surface area contributed by atoms with E-state index in [9.17, 15) is 9.90 Å². The van der Waals surface area contributed by atoms with Crippen LogP contribution in [0.4, 0.5) is 0 Å². The molecule has 0 fully saturated rings. The van der Waals surface area contributed by atoms with Crippen LogP contribution in [0, 0.1) is 0 Å². The van der Waals surface area contributed by atoms with Gasteiger partial charge in [-0.1, -0.05) is 54.1 Å². The first kappa shape index (κ1) is 24.0. The minimum absolute atomic E-state index is 0. The number of aliphatic hydroxyl groups is 1. The van der Waals surface area contributed by atoms with E-state index in [0.717, 1.165) is 36.0 Å². The molecule has 1 aliphatic carbocycles. The van der Waals surface area contributed by atoms with Gasteiger partial charge in [-0.2, -0.15) is 0 Å². The predicted octanol–water partition coefficient (Wildman–Crippen LogP) is 4.24. The summed E-state index contributed by atoms with van der Waals surface area (Å²) in [7, 11) is 0. The van der Waals surface area contributed by atoms with Crippen molar-refractivity contribution in [1.29, 1.82) is 0 Å². The first-order valence-corrected chi connectivity index (χ1v) is 10.5. The molecule has 2 atom stereocenters. The molecule has 3 aromatic carbocycles. The molecule has 0 aliphatic heterocycles. The molecule has 4 rings (SSSR count). The summed E-state index contributed by atoms with van der Waals surface area (Å²) in [6, 6.07) is 21.1. The zero-order chi connectivity index (χ0) is 21.1. The zero-order valence-electron chi connectivity index (χ0n) is 16.5. The molecular formula is C25H25ClNNaO3. The number of hydrogen-bond donors (Lipinski definition) is 3. The van der Waals surface area contributed by atoms with Crippen molar-refractivity contribution < 1.29 is 15.0 Å². The minimum atomic E-state index is -0.915. The summed E-state index contributed by atoms with van der Waals surface area (Å²) in [6.45, 7) is 0.498. The third-order valence-electron chi connectivity index (χ3n) is 5.75. The third kappa shape index (κ3) is 5.98. The van der Waals surface area contributed by atoms with E-state index in [1.54, 1.807) is 24.3 Å². The SMILES string of the molecule is O=C(O)c1ccc(-c2ccc3c(c2)C[C@@H](NC[C@@H](O)c2ccc(Cl)cc2)CC3)cc1.[NaH]. The number of carboxylic acids is 1. The number of benzene rings is 3. The number of aryl methyl sites for hydroxylation is 1. The van der Waals surface area contributed by atoms with Gasteiger partial charge in [-0.25, -0.2) is 4.79 Å². The molecule has 3 aromatic rings. The molecule has 156 valence electrons. The van der Waals surface area contributed by atoms with E-state index >= 15 is 0 Å². The molecule has 0 radical (unpaired) electrons. The fraction of sp³-hybridized carbons (Fsp3) is 0.240. The Bertz CT molecular complexity index is 1040. The number of nitrogens with one attached hydrogen (secondary N) is 1. The van der Waals surface area contributed by atoms with Gasteiger partial charge in [0.25, 0.3) is 0 Å². The van der Waals surface area contributed by atoms with E-state index in [1.807, 2.05) is 24.3 Å². The van der Waals surface area contributed by atoms with Crippen LogP contribution in [-0.4, -0.2) is 58.3 Å². The second kappa shape index (κ2) is 10.8. The molecule has 0 aromatic heterocycles. The van der Waals surface area contributed by atoms with E-state index < -0.39 is 12.1 Å². The zero-order valence-corrected chi connectivity index (χ0v) is 17.3. The van der Waals surface area contributed by atoms with Crippen LogP contribution in [0.5, 0.6) is 0 Å². The number of rotatable bonds is 6. The number of aliphatic hydroxyl groups excluding tert-OH is 1. The molecular weight excluding hydrogens is 421 g/mol. The van der Waals surface area contributed by atoms with Crippen molar-refractivity contribution in [2.75, 3.05) is 6.54 Å². The average molecular weight is 446 g/mol. The van der Waals surface area contributed by atoms with Crippen LogP contribution in [0.2, 0.25) is 5.02 Å². The number of halogens is 1. The number of aromatic carboxylic acids is 1. The van der Waals surface area contributed by atoms with Crippen LogP contribution >= 0.6 is 11.6 Å². The molecule has 0 bridgehead atoms. The van der Waals surface area contributed by atoms with E-state index in [1.165, 1.54) is 11.1 Å². The summed E-state index contributed by atoms with van der Waals surface area (Å²) >= 11 is 5.92. The van der Waals surface area contributed by atoms with Crippen LogP contribution in [0.3, 0.4) is 0 Å². The Kier molecular flexibility index (Phi) is 8.34. The van der Waals surface area contributed by atoms with Gasteiger partial charge in [-0.05, 0) is 71.3 Å². The maximum atomic E-state index is 11.1. The molecule has 3 N–H and O–H groups in total. The number of carboxylic acid groups (broad SMARTS) is 1. The topological polar surface area (TPSA) is 69.6 Å². The van der Waals surface area contributed by atoms with Gasteiger partial charge in [0.1, 0.15) is 0 Å². The number of fused-ring (bicyclic) bond motifs is 1. The van der Waals surface area contributed by atoms with Gasteiger partial charge < -0.3 is 15.5 Å². The Morgan fingerprint density at radius 1 is 1.00 bits per heavy atom. The Labute approximate surface area is 209 Å². The van der Waals surface area contributed by atoms with Crippen LogP contribution < -0.4 is 5.32 Å². The van der Waals surface area contributed by atoms with E-state index in [4.69, 9.17) is 16.7 Å². The van der Waals surface area contributed by atoms with Crippen molar-refractivity contribution in [3.05, 3.63) is 94.0 Å². The Morgan fingerprint density at radius 3 is 2.35 bits per heavy atom. The predicted molar refractivity (Wildman–Crippen MR) is 126 cm³/mol. The molecule has 0 spiro atoms. The first-order chi connectivity index (χ1) is 14.5. The Balaban J connectivity index is 0.00000272. The summed E-state index contributed by atoms with van der Waals surface area (Å²) in [5.74, 6) is -0.915. The van der Waals surface area contributed by atoms with Crippen molar-refractivity contribution in [1.82, 2.24) is 5.32 Å². The molecule has 0 amide bonds. The maximum absolute atomic E-state index is 11.1. The van der Waals surface area contributed by atoms with Gasteiger partial charge in [0.05, 0.1) is 11.7 Å². The summed E-state index contributed by atoms with van der Waals surface area (Å²) in [4.78, 5) is 11.1. The van der Waals surface area contributed by atoms with Gasteiger partial charge in [-0.15, -0.1) is 0 Å². The number of carbonyl (C=O) groups is 1. The van der Waals surface area contributed by atoms with Crippen LogP contribution in [0.25, 0.3) is 11.1 Å². The molecule has 1 aliphatic rings. The molecule has 0 heterocycles. The van der Waals surface area contributed by atoms with E-state index in [2.05, 4.69) is 23.5 Å². The quantitative estimate of drug-likeness (QED) is 0.496. The second-order valence-corrected chi connectivity index (χ2v) is 8.22. The van der Waals surface area contributed by atoms with Crippen molar-refractivity contribution in [2.24, 2.45) is 0 Å². The van der Waals surface area contributed by atoms with Crippen molar-refractivity contribution in [3.8, 4) is 11.1 Å². The molecule has 0 saturated heterocycles. The molecule has 0 saturated carbocycles. The van der Waals surface area contributed by atoms with Crippen molar-refractivity contribution in [2.45, 2.75) is 31.4 Å². The Morgan fingerprint density at radius 2 is 1.68 bits per heavy atom. The molecule has 0 unspecified atom stereocenters. The average Bonchev–Trinajstić information content (AvgIpc) is 2.77. The summed E-state index contributed by atoms with van der Waals surface area (Å²) in [5, 5.41) is 23.7. The number of hydrogen-bond acceptors (Lipinski definition) is 3. The van der Waals surface area contributed by atoms with E-state index in [-0.39, 0.29) is 29.6 Å². The van der Waals surface area contributed by atoms with Gasteiger partial charge in [-0.3, -0.25) is 0 Å². The molecule has 4 nitrogen and oxygen atoms in total. The summed E-state index contributed by atoms with van der Waals surface area (Å²) in [5.41, 5.74) is 5.91. The van der Waals surface area contributed by atoms with Crippen LogP contribution in [0.1, 0.15) is 39.6 Å². The fourth-order valence-electron chi connectivity index (χ4n) is 4.00. The third-order valence-corrected chi connectivity index (χ3v) is 6.01. The van der Waals surface area contributed by atoms with Gasteiger partial charge in [0.2, 0.25) is 0 Å². The van der Waals surface area contributed by atoms with E-state index in [0.29, 0.717) is 23.2 Å². The van der Waals surface area contributed by atoms with Gasteiger partial charge >= 0.3 is 35.5 Å². The van der Waals surface area contributed by atoms with Gasteiger partial charge in [0, 0.05) is 17.6 Å². The normalized spacial score (nSPS) is 16.1. The second-order valence-electron chi connectivity index (χ2n) is 7.78.